The number of hydrogen-bond acceptors (Lipinski definition) is 2. The third-order valence-electron chi connectivity index (χ3n) is 1.59. The van der Waals surface area contributed by atoms with E-state index in [-0.39, 0.29) is 5.82 Å². The summed E-state index contributed by atoms with van der Waals surface area (Å²) in [5, 5.41) is 0. The average molecular weight is 248 g/mol. The van der Waals surface area contributed by atoms with E-state index in [4.69, 9.17) is 10.5 Å². The van der Waals surface area contributed by atoms with Crippen molar-refractivity contribution in [2.24, 2.45) is 5.73 Å². The number of rotatable bonds is 3. The van der Waals surface area contributed by atoms with Crippen LogP contribution >= 0.6 is 15.9 Å². The SMILES string of the molecule is CCOc1cc(CN)cc(F)c1Br. The molecule has 2 N–H and O–H groups in total. The van der Waals surface area contributed by atoms with Gasteiger partial charge in [-0.05, 0) is 40.5 Å². The molecule has 0 aromatic heterocycles. The lowest BCUT2D eigenvalue weighted by atomic mass is 10.2. The molecule has 0 radical (unpaired) electrons. The summed E-state index contributed by atoms with van der Waals surface area (Å²) in [4.78, 5) is 0. The Bertz CT molecular complexity index is 304. The normalized spacial score (nSPS) is 10.2. The van der Waals surface area contributed by atoms with Crippen molar-refractivity contribution in [1.29, 1.82) is 0 Å². The largest absolute Gasteiger partial charge is 0.493 e. The summed E-state index contributed by atoms with van der Waals surface area (Å²) in [6.45, 7) is 2.66. The van der Waals surface area contributed by atoms with Crippen molar-refractivity contribution >= 4 is 15.9 Å². The number of nitrogens with two attached hydrogens (primary N) is 1. The highest BCUT2D eigenvalue weighted by Crippen LogP contribution is 2.29. The Balaban J connectivity index is 3.09. The molecule has 1 rings (SSSR count). The average Bonchev–Trinajstić information content (AvgIpc) is 2.13. The first-order valence-electron chi connectivity index (χ1n) is 3.99. The summed E-state index contributed by atoms with van der Waals surface area (Å²) >= 11 is 3.10. The summed E-state index contributed by atoms with van der Waals surface area (Å²) in [5.74, 6) is 0.161. The highest BCUT2D eigenvalue weighted by atomic mass is 79.9. The van der Waals surface area contributed by atoms with Gasteiger partial charge in [0.1, 0.15) is 11.6 Å². The summed E-state index contributed by atoms with van der Waals surface area (Å²) in [6, 6.07) is 3.13. The second-order valence-corrected chi connectivity index (χ2v) is 3.32. The van der Waals surface area contributed by atoms with Crippen LogP contribution in [0.2, 0.25) is 0 Å². The Hall–Kier alpha value is -0.610. The van der Waals surface area contributed by atoms with Crippen LogP contribution in [0.4, 0.5) is 4.39 Å². The van der Waals surface area contributed by atoms with E-state index < -0.39 is 0 Å². The van der Waals surface area contributed by atoms with Crippen LogP contribution in [0.3, 0.4) is 0 Å². The molecule has 1 aromatic carbocycles. The van der Waals surface area contributed by atoms with E-state index in [1.54, 1.807) is 6.07 Å². The van der Waals surface area contributed by atoms with Crippen LogP contribution < -0.4 is 10.5 Å². The van der Waals surface area contributed by atoms with Gasteiger partial charge in [0.2, 0.25) is 0 Å². The van der Waals surface area contributed by atoms with Crippen molar-refractivity contribution in [3.63, 3.8) is 0 Å². The lowest BCUT2D eigenvalue weighted by molar-refractivity contribution is 0.335. The molecule has 0 unspecified atom stereocenters. The van der Waals surface area contributed by atoms with E-state index in [0.717, 1.165) is 5.56 Å². The van der Waals surface area contributed by atoms with Crippen molar-refractivity contribution in [2.75, 3.05) is 6.61 Å². The molecule has 0 saturated carbocycles. The maximum atomic E-state index is 13.2. The van der Waals surface area contributed by atoms with Gasteiger partial charge in [0, 0.05) is 6.54 Å². The zero-order chi connectivity index (χ0) is 9.84. The van der Waals surface area contributed by atoms with Crippen LogP contribution in [0.25, 0.3) is 0 Å². The Kier molecular flexibility index (Phi) is 3.69. The highest BCUT2D eigenvalue weighted by molar-refractivity contribution is 9.10. The number of ether oxygens (including phenoxy) is 1. The smallest absolute Gasteiger partial charge is 0.141 e. The van der Waals surface area contributed by atoms with Gasteiger partial charge in [-0.1, -0.05) is 0 Å². The van der Waals surface area contributed by atoms with Crippen LogP contribution in [0.1, 0.15) is 12.5 Å². The fraction of sp³-hybridized carbons (Fsp3) is 0.333. The maximum Gasteiger partial charge on any atom is 0.141 e. The molecule has 0 fully saturated rings. The van der Waals surface area contributed by atoms with Crippen molar-refractivity contribution in [1.82, 2.24) is 0 Å². The molecule has 0 spiro atoms. The molecule has 0 aliphatic carbocycles. The molecule has 13 heavy (non-hydrogen) atoms. The molecular weight excluding hydrogens is 237 g/mol. The van der Waals surface area contributed by atoms with E-state index in [9.17, 15) is 4.39 Å². The van der Waals surface area contributed by atoms with E-state index in [1.165, 1.54) is 6.07 Å². The van der Waals surface area contributed by atoms with Gasteiger partial charge in [-0.3, -0.25) is 0 Å². The van der Waals surface area contributed by atoms with Crippen LogP contribution in [0, 0.1) is 5.82 Å². The monoisotopic (exact) mass is 247 g/mol. The fourth-order valence-electron chi connectivity index (χ4n) is 0.996. The van der Waals surface area contributed by atoms with Gasteiger partial charge in [0.25, 0.3) is 0 Å². The Morgan fingerprint density at radius 3 is 2.77 bits per heavy atom. The maximum absolute atomic E-state index is 13.2. The summed E-state index contributed by atoms with van der Waals surface area (Å²) < 4.78 is 18.7. The minimum Gasteiger partial charge on any atom is -0.493 e. The molecule has 2 nitrogen and oxygen atoms in total. The zero-order valence-corrected chi connectivity index (χ0v) is 8.90. The molecule has 0 saturated heterocycles. The first-order chi connectivity index (χ1) is 6.19. The van der Waals surface area contributed by atoms with Crippen molar-refractivity contribution in [3.05, 3.63) is 28.0 Å². The van der Waals surface area contributed by atoms with Crippen molar-refractivity contribution in [3.8, 4) is 5.75 Å². The van der Waals surface area contributed by atoms with Gasteiger partial charge in [-0.2, -0.15) is 0 Å². The minimum atomic E-state index is -0.341. The molecule has 72 valence electrons. The van der Waals surface area contributed by atoms with Crippen LogP contribution in [-0.2, 0) is 6.54 Å². The summed E-state index contributed by atoms with van der Waals surface area (Å²) in [6.07, 6.45) is 0. The minimum absolute atomic E-state index is 0.310. The summed E-state index contributed by atoms with van der Waals surface area (Å²) in [5.41, 5.74) is 6.12. The van der Waals surface area contributed by atoms with E-state index in [2.05, 4.69) is 15.9 Å². The van der Waals surface area contributed by atoms with Crippen LogP contribution in [0.5, 0.6) is 5.75 Å². The van der Waals surface area contributed by atoms with Gasteiger partial charge in [0.05, 0.1) is 11.1 Å². The van der Waals surface area contributed by atoms with Crippen LogP contribution in [0.15, 0.2) is 16.6 Å². The zero-order valence-electron chi connectivity index (χ0n) is 7.31. The molecule has 1 aromatic rings. The third-order valence-corrected chi connectivity index (χ3v) is 2.36. The van der Waals surface area contributed by atoms with E-state index in [1.807, 2.05) is 6.92 Å². The van der Waals surface area contributed by atoms with Crippen molar-refractivity contribution < 1.29 is 9.13 Å². The molecular formula is C9H11BrFNO. The number of benzene rings is 1. The van der Waals surface area contributed by atoms with Gasteiger partial charge in [-0.25, -0.2) is 4.39 Å². The molecule has 0 atom stereocenters. The first-order valence-corrected chi connectivity index (χ1v) is 4.79. The Morgan fingerprint density at radius 1 is 1.54 bits per heavy atom. The second kappa shape index (κ2) is 4.58. The van der Waals surface area contributed by atoms with Gasteiger partial charge in [-0.15, -0.1) is 0 Å². The lowest BCUT2D eigenvalue weighted by Crippen LogP contribution is -2.00. The lowest BCUT2D eigenvalue weighted by Gasteiger charge is -2.08. The predicted octanol–water partition coefficient (Wildman–Crippen LogP) is 2.45. The van der Waals surface area contributed by atoms with Gasteiger partial charge in [0.15, 0.2) is 0 Å². The van der Waals surface area contributed by atoms with Crippen molar-refractivity contribution in [2.45, 2.75) is 13.5 Å². The molecule has 0 aliphatic heterocycles. The highest BCUT2D eigenvalue weighted by Gasteiger charge is 2.08. The Morgan fingerprint density at radius 2 is 2.23 bits per heavy atom. The Labute approximate surface area is 85.0 Å². The van der Waals surface area contributed by atoms with Gasteiger partial charge < -0.3 is 10.5 Å². The molecule has 4 heteroatoms. The summed E-state index contributed by atoms with van der Waals surface area (Å²) in [7, 11) is 0. The second-order valence-electron chi connectivity index (χ2n) is 2.53. The standard InChI is InChI=1S/C9H11BrFNO/c1-2-13-8-4-6(5-12)3-7(11)9(8)10/h3-4H,2,5,12H2,1H3. The number of hydrogen-bond donors (Lipinski definition) is 1. The van der Waals surface area contributed by atoms with Crippen LogP contribution in [-0.4, -0.2) is 6.61 Å². The quantitative estimate of drug-likeness (QED) is 0.891. The molecule has 0 aliphatic rings. The molecule has 0 bridgehead atoms. The molecule has 0 amide bonds. The van der Waals surface area contributed by atoms with Gasteiger partial charge >= 0.3 is 0 Å². The fourth-order valence-corrected chi connectivity index (χ4v) is 1.34. The third kappa shape index (κ3) is 2.42. The first kappa shape index (κ1) is 10.5. The van der Waals surface area contributed by atoms with E-state index in [0.29, 0.717) is 23.4 Å². The van der Waals surface area contributed by atoms with E-state index >= 15 is 0 Å². The number of halogens is 2. The molecule has 0 heterocycles. The predicted molar refractivity (Wildman–Crippen MR) is 53.2 cm³/mol. The topological polar surface area (TPSA) is 35.2 Å².